The number of rotatable bonds is 4. The van der Waals surface area contributed by atoms with E-state index in [0.29, 0.717) is 10.6 Å². The molecule has 1 rings (SSSR count). The predicted octanol–water partition coefficient (Wildman–Crippen LogP) is 1.03. The normalized spacial score (nSPS) is 9.82. The second-order valence-electron chi connectivity index (χ2n) is 3.15. The fourth-order valence-electron chi connectivity index (χ4n) is 1.19. The van der Waals surface area contributed by atoms with Gasteiger partial charge in [0.1, 0.15) is 6.61 Å². The van der Waals surface area contributed by atoms with Crippen LogP contribution >= 0.6 is 11.6 Å². The third kappa shape index (κ3) is 3.70. The van der Waals surface area contributed by atoms with E-state index in [1.807, 2.05) is 0 Å². The smallest absolute Gasteiger partial charge is 0.275 e. The molecule has 0 aliphatic carbocycles. The van der Waals surface area contributed by atoms with Crippen molar-refractivity contribution < 1.29 is 19.6 Å². The molecule has 0 aliphatic heterocycles. The summed E-state index contributed by atoms with van der Waals surface area (Å²) >= 11 is 5.89. The van der Waals surface area contributed by atoms with E-state index in [1.54, 1.807) is 12.1 Å². The number of amides is 2. The minimum absolute atomic E-state index is 0.0813. The van der Waals surface area contributed by atoms with Gasteiger partial charge in [-0.25, -0.2) is 11.0 Å². The van der Waals surface area contributed by atoms with Crippen LogP contribution in [0.2, 0.25) is 5.02 Å². The molecule has 0 spiro atoms. The monoisotopic (exact) mass is 258 g/mol. The van der Waals surface area contributed by atoms with Gasteiger partial charge in [-0.15, -0.1) is 0 Å². The van der Waals surface area contributed by atoms with E-state index in [2.05, 4.69) is 5.48 Å². The highest BCUT2D eigenvalue weighted by atomic mass is 35.5. The Balaban J connectivity index is 2.88. The largest absolute Gasteiger partial charge is 0.288 e. The highest BCUT2D eigenvalue weighted by Gasteiger charge is 2.13. The summed E-state index contributed by atoms with van der Waals surface area (Å²) in [5.74, 6) is -1.07. The molecular formula is C10H11ClN2O4. The summed E-state index contributed by atoms with van der Waals surface area (Å²) in [5.41, 5.74) is 4.16. The molecule has 0 bridgehead atoms. The van der Waals surface area contributed by atoms with Crippen molar-refractivity contribution in [3.05, 3.63) is 34.3 Å². The highest BCUT2D eigenvalue weighted by Crippen LogP contribution is 2.20. The van der Waals surface area contributed by atoms with Crippen molar-refractivity contribution in [2.24, 2.45) is 0 Å². The van der Waals surface area contributed by atoms with Crippen LogP contribution in [-0.2, 0) is 16.2 Å². The van der Waals surface area contributed by atoms with Crippen LogP contribution in [0.25, 0.3) is 0 Å². The van der Waals surface area contributed by atoms with E-state index in [0.717, 1.165) is 0 Å². The molecule has 0 aromatic heterocycles. The van der Waals surface area contributed by atoms with Gasteiger partial charge in [0.2, 0.25) is 5.91 Å². The fraction of sp³-hybridized carbons (Fsp3) is 0.200. The van der Waals surface area contributed by atoms with Gasteiger partial charge in [0, 0.05) is 23.1 Å². The van der Waals surface area contributed by atoms with Crippen molar-refractivity contribution in [1.29, 1.82) is 0 Å². The SMILES string of the molecule is CC(=O)NOCc1c(Cl)cccc1C(=O)NO. The molecule has 3 N–H and O–H groups in total. The van der Waals surface area contributed by atoms with E-state index in [9.17, 15) is 9.59 Å². The molecular weight excluding hydrogens is 248 g/mol. The lowest BCUT2D eigenvalue weighted by atomic mass is 10.1. The van der Waals surface area contributed by atoms with Gasteiger partial charge in [0.05, 0.1) is 0 Å². The van der Waals surface area contributed by atoms with Gasteiger partial charge >= 0.3 is 0 Å². The minimum Gasteiger partial charge on any atom is -0.288 e. The lowest BCUT2D eigenvalue weighted by molar-refractivity contribution is -0.132. The van der Waals surface area contributed by atoms with Crippen molar-refractivity contribution in [1.82, 2.24) is 11.0 Å². The van der Waals surface area contributed by atoms with Crippen LogP contribution in [-0.4, -0.2) is 17.0 Å². The zero-order valence-corrected chi connectivity index (χ0v) is 9.75. The second-order valence-corrected chi connectivity index (χ2v) is 3.56. The Morgan fingerprint density at radius 3 is 2.76 bits per heavy atom. The molecule has 0 saturated heterocycles. The van der Waals surface area contributed by atoms with Crippen LogP contribution < -0.4 is 11.0 Å². The molecule has 0 aliphatic rings. The number of carbonyl (C=O) groups excluding carboxylic acids is 2. The maximum absolute atomic E-state index is 11.3. The van der Waals surface area contributed by atoms with Crippen molar-refractivity contribution >= 4 is 23.4 Å². The Kier molecular flexibility index (Phi) is 4.89. The van der Waals surface area contributed by atoms with Crippen molar-refractivity contribution in [2.45, 2.75) is 13.5 Å². The molecule has 0 radical (unpaired) electrons. The number of hydrogen-bond donors (Lipinski definition) is 3. The Morgan fingerprint density at radius 2 is 2.18 bits per heavy atom. The summed E-state index contributed by atoms with van der Waals surface area (Å²) in [7, 11) is 0. The Morgan fingerprint density at radius 1 is 1.47 bits per heavy atom. The lowest BCUT2D eigenvalue weighted by Gasteiger charge is -2.10. The molecule has 6 nitrogen and oxygen atoms in total. The maximum Gasteiger partial charge on any atom is 0.275 e. The second kappa shape index (κ2) is 6.19. The van der Waals surface area contributed by atoms with Crippen LogP contribution in [0.3, 0.4) is 0 Å². The molecule has 0 heterocycles. The average Bonchev–Trinajstić information content (AvgIpc) is 2.29. The van der Waals surface area contributed by atoms with Gasteiger partial charge in [0.25, 0.3) is 5.91 Å². The molecule has 92 valence electrons. The summed E-state index contributed by atoms with van der Waals surface area (Å²) in [4.78, 5) is 26.8. The molecule has 1 aromatic carbocycles. The van der Waals surface area contributed by atoms with Crippen molar-refractivity contribution in [3.63, 3.8) is 0 Å². The number of hydroxylamine groups is 2. The minimum atomic E-state index is -0.700. The van der Waals surface area contributed by atoms with Gasteiger partial charge < -0.3 is 0 Å². The van der Waals surface area contributed by atoms with Crippen LogP contribution in [0.15, 0.2) is 18.2 Å². The molecule has 0 fully saturated rings. The average molecular weight is 259 g/mol. The highest BCUT2D eigenvalue weighted by molar-refractivity contribution is 6.31. The van der Waals surface area contributed by atoms with E-state index in [4.69, 9.17) is 21.6 Å². The molecule has 1 aromatic rings. The van der Waals surface area contributed by atoms with E-state index >= 15 is 0 Å². The molecule has 2 amide bonds. The van der Waals surface area contributed by atoms with Gasteiger partial charge in [-0.3, -0.25) is 19.6 Å². The Labute approximate surface area is 102 Å². The predicted molar refractivity (Wildman–Crippen MR) is 59.3 cm³/mol. The van der Waals surface area contributed by atoms with Gasteiger partial charge in [-0.05, 0) is 12.1 Å². The first-order valence-electron chi connectivity index (χ1n) is 4.66. The number of nitrogens with one attached hydrogen (secondary N) is 2. The zero-order chi connectivity index (χ0) is 12.8. The maximum atomic E-state index is 11.3. The zero-order valence-electron chi connectivity index (χ0n) is 8.99. The molecule has 0 saturated carbocycles. The van der Waals surface area contributed by atoms with Crippen LogP contribution in [0.1, 0.15) is 22.8 Å². The first-order chi connectivity index (χ1) is 8.06. The number of carbonyl (C=O) groups is 2. The van der Waals surface area contributed by atoms with E-state index in [-0.39, 0.29) is 18.1 Å². The molecule has 0 unspecified atom stereocenters. The van der Waals surface area contributed by atoms with Gasteiger partial charge in [-0.1, -0.05) is 17.7 Å². The molecule has 17 heavy (non-hydrogen) atoms. The topological polar surface area (TPSA) is 87.7 Å². The van der Waals surface area contributed by atoms with Crippen LogP contribution in [0.4, 0.5) is 0 Å². The summed E-state index contributed by atoms with van der Waals surface area (Å²) in [6, 6.07) is 4.61. The third-order valence-electron chi connectivity index (χ3n) is 1.90. The summed E-state index contributed by atoms with van der Waals surface area (Å²) in [5, 5.41) is 8.87. The van der Waals surface area contributed by atoms with Crippen LogP contribution in [0, 0.1) is 0 Å². The first-order valence-corrected chi connectivity index (χ1v) is 5.04. The van der Waals surface area contributed by atoms with Crippen LogP contribution in [0.5, 0.6) is 0 Å². The number of hydrogen-bond acceptors (Lipinski definition) is 4. The Hall–Kier alpha value is -1.63. The van der Waals surface area contributed by atoms with Crippen molar-refractivity contribution in [2.75, 3.05) is 0 Å². The summed E-state index contributed by atoms with van der Waals surface area (Å²) < 4.78 is 0. The van der Waals surface area contributed by atoms with Gasteiger partial charge in [-0.2, -0.15) is 0 Å². The number of benzene rings is 1. The first kappa shape index (κ1) is 13.4. The van der Waals surface area contributed by atoms with Crippen molar-refractivity contribution in [3.8, 4) is 0 Å². The fourth-order valence-corrected chi connectivity index (χ4v) is 1.42. The Bertz CT molecular complexity index is 436. The molecule has 7 heteroatoms. The molecule has 0 atom stereocenters. The summed E-state index contributed by atoms with van der Waals surface area (Å²) in [6.07, 6.45) is 0. The van der Waals surface area contributed by atoms with E-state index in [1.165, 1.54) is 18.5 Å². The van der Waals surface area contributed by atoms with Gasteiger partial charge in [0.15, 0.2) is 0 Å². The third-order valence-corrected chi connectivity index (χ3v) is 2.25. The van der Waals surface area contributed by atoms with E-state index < -0.39 is 5.91 Å². The lowest BCUT2D eigenvalue weighted by Crippen LogP contribution is -2.23. The summed E-state index contributed by atoms with van der Waals surface area (Å²) in [6.45, 7) is 1.20. The quantitative estimate of drug-likeness (QED) is 0.556. The standard InChI is InChI=1S/C10H11ClN2O4/c1-6(14)13-17-5-8-7(10(15)12-16)3-2-4-9(8)11/h2-4,16H,5H2,1H3,(H,12,15)(H,13,14). The number of halogens is 1.